The van der Waals surface area contributed by atoms with Crippen LogP contribution in [0.25, 0.3) is 0 Å². The lowest BCUT2D eigenvalue weighted by molar-refractivity contribution is 0.0252. The predicted molar refractivity (Wildman–Crippen MR) is 107 cm³/mol. The number of ether oxygens (including phenoxy) is 2. The quantitative estimate of drug-likeness (QED) is 0.778. The molecule has 2 fully saturated rings. The van der Waals surface area contributed by atoms with Crippen molar-refractivity contribution in [3.8, 4) is 5.75 Å². The van der Waals surface area contributed by atoms with E-state index in [0.717, 1.165) is 69.4 Å². The molecule has 0 unspecified atom stereocenters. The van der Waals surface area contributed by atoms with Crippen molar-refractivity contribution in [1.82, 2.24) is 9.80 Å². The summed E-state index contributed by atoms with van der Waals surface area (Å²) in [6, 6.07) is 7.49. The van der Waals surface area contributed by atoms with Crippen LogP contribution < -0.4 is 10.1 Å². The molecular weight excluding hydrogens is 342 g/mol. The number of carbonyl (C=O) groups excluding carboxylic acids is 1. The maximum Gasteiger partial charge on any atom is 0.321 e. The molecular formula is C21H31N3O3. The number of likely N-dealkylation sites (tertiary alicyclic amines) is 1. The zero-order chi connectivity index (χ0) is 19.1. The van der Waals surface area contributed by atoms with Gasteiger partial charge in [0, 0.05) is 44.5 Å². The SMILES string of the molecule is C=C(C)COc1cccc(NC(=O)N2CCC[C@@H](CN3CCOCC3)C2)c1. The Labute approximate surface area is 162 Å². The van der Waals surface area contributed by atoms with Crippen molar-refractivity contribution in [3.63, 3.8) is 0 Å². The van der Waals surface area contributed by atoms with Crippen LogP contribution in [0.5, 0.6) is 5.75 Å². The molecule has 1 atom stereocenters. The van der Waals surface area contributed by atoms with Gasteiger partial charge in [-0.1, -0.05) is 12.6 Å². The highest BCUT2D eigenvalue weighted by molar-refractivity contribution is 5.89. The lowest BCUT2D eigenvalue weighted by Crippen LogP contribution is -2.47. The Hall–Kier alpha value is -2.05. The summed E-state index contributed by atoms with van der Waals surface area (Å²) < 4.78 is 11.1. The molecule has 2 heterocycles. The molecule has 0 spiro atoms. The zero-order valence-electron chi connectivity index (χ0n) is 16.3. The summed E-state index contributed by atoms with van der Waals surface area (Å²) in [4.78, 5) is 17.1. The maximum atomic E-state index is 12.7. The number of piperidine rings is 1. The van der Waals surface area contributed by atoms with E-state index in [0.29, 0.717) is 12.5 Å². The van der Waals surface area contributed by atoms with Crippen molar-refractivity contribution < 1.29 is 14.3 Å². The highest BCUT2D eigenvalue weighted by atomic mass is 16.5. The first-order valence-corrected chi connectivity index (χ1v) is 9.83. The van der Waals surface area contributed by atoms with E-state index in [1.54, 1.807) is 0 Å². The summed E-state index contributed by atoms with van der Waals surface area (Å²) in [7, 11) is 0. The second-order valence-electron chi connectivity index (χ2n) is 7.57. The molecule has 148 valence electrons. The second-order valence-corrected chi connectivity index (χ2v) is 7.57. The molecule has 1 N–H and O–H groups in total. The Balaban J connectivity index is 1.51. The molecule has 1 aromatic rings. The number of rotatable bonds is 6. The van der Waals surface area contributed by atoms with Crippen LogP contribution in [0, 0.1) is 5.92 Å². The average molecular weight is 373 g/mol. The molecule has 2 aliphatic heterocycles. The van der Waals surface area contributed by atoms with E-state index in [9.17, 15) is 4.79 Å². The first-order chi connectivity index (χ1) is 13.1. The van der Waals surface area contributed by atoms with Crippen molar-refractivity contribution in [2.45, 2.75) is 19.8 Å². The summed E-state index contributed by atoms with van der Waals surface area (Å²) in [5.41, 5.74) is 1.72. The van der Waals surface area contributed by atoms with E-state index in [-0.39, 0.29) is 6.03 Å². The number of nitrogens with zero attached hydrogens (tertiary/aromatic N) is 2. The highest BCUT2D eigenvalue weighted by Crippen LogP contribution is 2.21. The number of urea groups is 1. The average Bonchev–Trinajstić information content (AvgIpc) is 2.68. The van der Waals surface area contributed by atoms with Crippen molar-refractivity contribution in [2.24, 2.45) is 5.92 Å². The molecule has 0 aromatic heterocycles. The molecule has 6 heteroatoms. The standard InChI is InChI=1S/C21H31N3O3/c1-17(2)16-27-20-7-3-6-19(13-20)22-21(25)24-8-4-5-18(15-24)14-23-9-11-26-12-10-23/h3,6-7,13,18H,1,4-5,8-12,14-16H2,2H3,(H,22,25)/t18-/m0/s1. The summed E-state index contributed by atoms with van der Waals surface area (Å²) >= 11 is 0. The predicted octanol–water partition coefficient (Wildman–Crippen LogP) is 3.22. The van der Waals surface area contributed by atoms with Crippen molar-refractivity contribution in [3.05, 3.63) is 36.4 Å². The third kappa shape index (κ3) is 6.26. The number of hydrogen-bond acceptors (Lipinski definition) is 4. The van der Waals surface area contributed by atoms with Crippen molar-refractivity contribution in [2.75, 3.05) is 57.9 Å². The third-order valence-electron chi connectivity index (χ3n) is 5.00. The summed E-state index contributed by atoms with van der Waals surface area (Å²) in [6.07, 6.45) is 2.25. The van der Waals surface area contributed by atoms with Crippen LogP contribution in [0.1, 0.15) is 19.8 Å². The fourth-order valence-electron chi connectivity index (χ4n) is 3.62. The van der Waals surface area contributed by atoms with Gasteiger partial charge in [-0.25, -0.2) is 4.79 Å². The molecule has 6 nitrogen and oxygen atoms in total. The number of benzene rings is 1. The lowest BCUT2D eigenvalue weighted by Gasteiger charge is -2.36. The van der Waals surface area contributed by atoms with Crippen LogP contribution in [-0.2, 0) is 4.74 Å². The first kappa shape index (κ1) is 19.7. The van der Waals surface area contributed by atoms with Crippen LogP contribution in [0.3, 0.4) is 0 Å². The van der Waals surface area contributed by atoms with E-state index in [1.165, 1.54) is 6.42 Å². The first-order valence-electron chi connectivity index (χ1n) is 9.83. The lowest BCUT2D eigenvalue weighted by atomic mass is 9.97. The molecule has 0 radical (unpaired) electrons. The minimum absolute atomic E-state index is 0.0290. The second kappa shape index (κ2) is 9.76. The van der Waals surface area contributed by atoms with Gasteiger partial charge in [-0.05, 0) is 43.4 Å². The van der Waals surface area contributed by atoms with Gasteiger partial charge in [-0.15, -0.1) is 0 Å². The van der Waals surface area contributed by atoms with Gasteiger partial charge in [0.15, 0.2) is 0 Å². The van der Waals surface area contributed by atoms with E-state index in [1.807, 2.05) is 36.1 Å². The number of nitrogens with one attached hydrogen (secondary N) is 1. The molecule has 27 heavy (non-hydrogen) atoms. The van der Waals surface area contributed by atoms with Gasteiger partial charge in [-0.2, -0.15) is 0 Å². The highest BCUT2D eigenvalue weighted by Gasteiger charge is 2.26. The fourth-order valence-corrected chi connectivity index (χ4v) is 3.62. The third-order valence-corrected chi connectivity index (χ3v) is 5.00. The van der Waals surface area contributed by atoms with Gasteiger partial charge in [0.05, 0.1) is 13.2 Å². The van der Waals surface area contributed by atoms with Gasteiger partial charge < -0.3 is 19.7 Å². The Morgan fingerprint density at radius 1 is 1.33 bits per heavy atom. The molecule has 2 aliphatic rings. The normalized spacial score (nSPS) is 20.9. The fraction of sp³-hybridized carbons (Fsp3) is 0.571. The Morgan fingerprint density at radius 2 is 2.15 bits per heavy atom. The molecule has 2 amide bonds. The molecule has 0 bridgehead atoms. The number of anilines is 1. The van der Waals surface area contributed by atoms with E-state index < -0.39 is 0 Å². The van der Waals surface area contributed by atoms with Gasteiger partial charge in [0.1, 0.15) is 12.4 Å². The Kier molecular flexibility index (Phi) is 7.12. The van der Waals surface area contributed by atoms with E-state index >= 15 is 0 Å². The van der Waals surface area contributed by atoms with Crippen LogP contribution in [-0.4, -0.2) is 68.4 Å². The van der Waals surface area contributed by atoms with Crippen LogP contribution in [0.2, 0.25) is 0 Å². The summed E-state index contributed by atoms with van der Waals surface area (Å²) in [5.74, 6) is 1.27. The number of amides is 2. The largest absolute Gasteiger partial charge is 0.489 e. The smallest absolute Gasteiger partial charge is 0.321 e. The minimum Gasteiger partial charge on any atom is -0.489 e. The molecule has 3 rings (SSSR count). The van der Waals surface area contributed by atoms with Crippen molar-refractivity contribution in [1.29, 1.82) is 0 Å². The number of carbonyl (C=O) groups is 1. The summed E-state index contributed by atoms with van der Waals surface area (Å²) in [5, 5.41) is 3.01. The van der Waals surface area contributed by atoms with Gasteiger partial charge >= 0.3 is 6.03 Å². The zero-order valence-corrected chi connectivity index (χ0v) is 16.3. The molecule has 1 aromatic carbocycles. The molecule has 0 saturated carbocycles. The number of hydrogen-bond donors (Lipinski definition) is 1. The van der Waals surface area contributed by atoms with Gasteiger partial charge in [0.2, 0.25) is 0 Å². The maximum absolute atomic E-state index is 12.7. The monoisotopic (exact) mass is 373 g/mol. The topological polar surface area (TPSA) is 54.0 Å². The minimum atomic E-state index is -0.0290. The Morgan fingerprint density at radius 3 is 2.93 bits per heavy atom. The molecule has 0 aliphatic carbocycles. The van der Waals surface area contributed by atoms with Crippen molar-refractivity contribution >= 4 is 11.7 Å². The molecule has 2 saturated heterocycles. The van der Waals surface area contributed by atoms with Crippen LogP contribution >= 0.6 is 0 Å². The van der Waals surface area contributed by atoms with Crippen LogP contribution in [0.4, 0.5) is 10.5 Å². The number of morpholine rings is 1. The van der Waals surface area contributed by atoms with E-state index in [4.69, 9.17) is 9.47 Å². The van der Waals surface area contributed by atoms with E-state index in [2.05, 4.69) is 16.8 Å². The Bertz CT molecular complexity index is 643. The van der Waals surface area contributed by atoms with Gasteiger partial charge in [0.25, 0.3) is 0 Å². The van der Waals surface area contributed by atoms with Gasteiger partial charge in [-0.3, -0.25) is 4.90 Å². The van der Waals surface area contributed by atoms with Crippen LogP contribution in [0.15, 0.2) is 36.4 Å². The summed E-state index contributed by atoms with van der Waals surface area (Å²) in [6.45, 7) is 12.6.